The number of carbonyl (C=O) groups excluding carboxylic acids is 1. The number of nitrogens with zero attached hydrogens (tertiary/aromatic N) is 2. The zero-order valence-corrected chi connectivity index (χ0v) is 17.9. The molecule has 164 valence electrons. The Hall–Kier alpha value is -4.00. The molecule has 0 radical (unpaired) electrons. The summed E-state index contributed by atoms with van der Waals surface area (Å²) < 4.78 is 24.9. The third kappa shape index (κ3) is 4.37. The quantitative estimate of drug-likeness (QED) is 0.372. The predicted molar refractivity (Wildman–Crippen MR) is 123 cm³/mol. The van der Waals surface area contributed by atoms with Gasteiger partial charge in [0.1, 0.15) is 5.82 Å². The van der Waals surface area contributed by atoms with E-state index in [0.717, 1.165) is 16.5 Å². The van der Waals surface area contributed by atoms with E-state index in [1.54, 1.807) is 36.7 Å². The summed E-state index contributed by atoms with van der Waals surface area (Å²) in [5.74, 6) is 0.0706. The molecule has 7 heteroatoms. The van der Waals surface area contributed by atoms with Crippen LogP contribution in [0.25, 0.3) is 10.8 Å². The maximum absolute atomic E-state index is 14.3. The standard InChI is InChI=1S/C25H22FN3O3.H2/c1-15-4-9-20(26)21(14-15)32-24-22-18(11-13-28-24)10-12-27-23(22)29-16(2)17-5-7-19(8-6-17)25(30)31-3;/h4-14,16H,1-3H3,(H,27,29);1H/t16-;/m0./s1. The number of aromatic nitrogens is 2. The van der Waals surface area contributed by atoms with E-state index >= 15 is 0 Å². The van der Waals surface area contributed by atoms with Gasteiger partial charge in [-0.15, -0.1) is 0 Å². The van der Waals surface area contributed by atoms with E-state index in [-0.39, 0.29) is 25.1 Å². The number of ether oxygens (including phenoxy) is 2. The Kier molecular flexibility index (Phi) is 5.98. The molecule has 4 rings (SSSR count). The van der Waals surface area contributed by atoms with Crippen LogP contribution in [0.1, 0.15) is 35.9 Å². The number of hydrogen-bond acceptors (Lipinski definition) is 6. The maximum atomic E-state index is 14.3. The lowest BCUT2D eigenvalue weighted by molar-refractivity contribution is 0.0600. The molecule has 1 N–H and O–H groups in total. The summed E-state index contributed by atoms with van der Waals surface area (Å²) in [4.78, 5) is 20.5. The number of aryl methyl sites for hydroxylation is 1. The lowest BCUT2D eigenvalue weighted by Gasteiger charge is -2.18. The number of methoxy groups -OCH3 is 1. The summed E-state index contributed by atoms with van der Waals surface area (Å²) in [6, 6.07) is 15.4. The number of anilines is 1. The Balaban J connectivity index is 0.00000306. The monoisotopic (exact) mass is 433 g/mol. The summed E-state index contributed by atoms with van der Waals surface area (Å²) >= 11 is 0. The highest BCUT2D eigenvalue weighted by molar-refractivity contribution is 5.96. The van der Waals surface area contributed by atoms with Crippen LogP contribution in [0.4, 0.5) is 10.2 Å². The molecule has 2 heterocycles. The van der Waals surface area contributed by atoms with Crippen molar-refractivity contribution in [3.8, 4) is 11.6 Å². The van der Waals surface area contributed by atoms with Gasteiger partial charge in [-0.1, -0.05) is 18.2 Å². The minimum absolute atomic E-state index is 0. The third-order valence-corrected chi connectivity index (χ3v) is 5.12. The zero-order chi connectivity index (χ0) is 22.7. The predicted octanol–water partition coefficient (Wildman–Crippen LogP) is 6.08. The van der Waals surface area contributed by atoms with Crippen molar-refractivity contribution in [2.45, 2.75) is 19.9 Å². The van der Waals surface area contributed by atoms with E-state index < -0.39 is 5.82 Å². The molecule has 0 aliphatic carbocycles. The summed E-state index contributed by atoms with van der Waals surface area (Å²) in [5, 5.41) is 4.88. The molecule has 2 aromatic heterocycles. The summed E-state index contributed by atoms with van der Waals surface area (Å²) in [7, 11) is 1.35. The Morgan fingerprint density at radius 1 is 1.06 bits per heavy atom. The van der Waals surface area contributed by atoms with Crippen LogP contribution in [0.5, 0.6) is 11.6 Å². The fraction of sp³-hybridized carbons (Fsp3) is 0.160. The Bertz CT molecular complexity index is 1280. The second-order valence-electron chi connectivity index (χ2n) is 7.39. The molecule has 0 aliphatic heterocycles. The number of esters is 1. The summed E-state index contributed by atoms with van der Waals surface area (Å²) in [6.45, 7) is 3.84. The first-order valence-electron chi connectivity index (χ1n) is 10.1. The molecule has 6 nitrogen and oxygen atoms in total. The van der Waals surface area contributed by atoms with Crippen LogP contribution in [0.2, 0.25) is 0 Å². The van der Waals surface area contributed by atoms with E-state index in [2.05, 4.69) is 15.3 Å². The third-order valence-electron chi connectivity index (χ3n) is 5.12. The van der Waals surface area contributed by atoms with Gasteiger partial charge < -0.3 is 14.8 Å². The summed E-state index contributed by atoms with van der Waals surface area (Å²) in [6.07, 6.45) is 3.30. The van der Waals surface area contributed by atoms with Crippen LogP contribution < -0.4 is 10.1 Å². The van der Waals surface area contributed by atoms with Crippen molar-refractivity contribution in [1.29, 1.82) is 0 Å². The lowest BCUT2D eigenvalue weighted by Crippen LogP contribution is -2.09. The first-order chi connectivity index (χ1) is 15.5. The highest BCUT2D eigenvalue weighted by Crippen LogP contribution is 2.34. The Morgan fingerprint density at radius 2 is 1.78 bits per heavy atom. The number of benzene rings is 2. The normalized spacial score (nSPS) is 11.8. The number of pyridine rings is 2. The molecule has 0 amide bonds. The van der Waals surface area contributed by atoms with Crippen molar-refractivity contribution in [3.05, 3.63) is 89.5 Å². The van der Waals surface area contributed by atoms with Crippen molar-refractivity contribution >= 4 is 22.6 Å². The molecule has 2 aromatic carbocycles. The first-order valence-corrected chi connectivity index (χ1v) is 10.1. The minimum Gasteiger partial charge on any atom is -0.465 e. The first kappa shape index (κ1) is 21.2. The molecule has 32 heavy (non-hydrogen) atoms. The molecule has 1 atom stereocenters. The smallest absolute Gasteiger partial charge is 0.337 e. The molecule has 0 saturated heterocycles. The van der Waals surface area contributed by atoms with Crippen molar-refractivity contribution in [2.24, 2.45) is 0 Å². The van der Waals surface area contributed by atoms with Gasteiger partial charge >= 0.3 is 5.97 Å². The molecule has 0 aliphatic rings. The molecular weight excluding hydrogens is 409 g/mol. The van der Waals surface area contributed by atoms with Gasteiger partial charge in [0.2, 0.25) is 5.88 Å². The topological polar surface area (TPSA) is 73.3 Å². The number of fused-ring (bicyclic) bond motifs is 1. The zero-order valence-electron chi connectivity index (χ0n) is 17.9. The number of halogens is 1. The van der Waals surface area contributed by atoms with Gasteiger partial charge in [-0.3, -0.25) is 0 Å². The van der Waals surface area contributed by atoms with Crippen molar-refractivity contribution in [1.82, 2.24) is 9.97 Å². The second kappa shape index (κ2) is 9.01. The van der Waals surface area contributed by atoms with Gasteiger partial charge in [0, 0.05) is 19.9 Å². The minimum atomic E-state index is -0.466. The van der Waals surface area contributed by atoms with Crippen LogP contribution in [-0.2, 0) is 4.74 Å². The van der Waals surface area contributed by atoms with E-state index in [9.17, 15) is 9.18 Å². The van der Waals surface area contributed by atoms with Crippen LogP contribution >= 0.6 is 0 Å². The average Bonchev–Trinajstić information content (AvgIpc) is 2.81. The van der Waals surface area contributed by atoms with Crippen LogP contribution in [0.15, 0.2) is 67.0 Å². The highest BCUT2D eigenvalue weighted by Gasteiger charge is 2.16. The van der Waals surface area contributed by atoms with E-state index in [1.807, 2.05) is 38.1 Å². The van der Waals surface area contributed by atoms with E-state index in [0.29, 0.717) is 16.8 Å². The number of rotatable bonds is 6. The fourth-order valence-corrected chi connectivity index (χ4v) is 3.38. The number of hydrogen-bond donors (Lipinski definition) is 1. The molecule has 0 fully saturated rings. The van der Waals surface area contributed by atoms with E-state index in [1.165, 1.54) is 13.2 Å². The second-order valence-corrected chi connectivity index (χ2v) is 7.39. The van der Waals surface area contributed by atoms with Crippen molar-refractivity contribution < 1.29 is 20.1 Å². The number of carbonyl (C=O) groups is 1. The van der Waals surface area contributed by atoms with Crippen molar-refractivity contribution in [2.75, 3.05) is 12.4 Å². The van der Waals surface area contributed by atoms with Crippen LogP contribution in [-0.4, -0.2) is 23.0 Å². The average molecular weight is 433 g/mol. The van der Waals surface area contributed by atoms with Gasteiger partial charge in [0.15, 0.2) is 11.6 Å². The van der Waals surface area contributed by atoms with Gasteiger partial charge in [0.05, 0.1) is 18.1 Å². The van der Waals surface area contributed by atoms with Gasteiger partial charge in [-0.25, -0.2) is 19.2 Å². The highest BCUT2D eigenvalue weighted by atomic mass is 19.1. The molecule has 0 saturated carbocycles. The van der Waals surface area contributed by atoms with Crippen LogP contribution in [0, 0.1) is 12.7 Å². The van der Waals surface area contributed by atoms with Gasteiger partial charge in [-0.2, -0.15) is 0 Å². The van der Waals surface area contributed by atoms with E-state index in [4.69, 9.17) is 9.47 Å². The fourth-order valence-electron chi connectivity index (χ4n) is 3.38. The lowest BCUT2D eigenvalue weighted by atomic mass is 10.1. The summed E-state index contributed by atoms with van der Waals surface area (Å²) in [5.41, 5.74) is 2.31. The van der Waals surface area contributed by atoms with Gasteiger partial charge in [-0.05, 0) is 66.8 Å². The number of nitrogens with one attached hydrogen (secondary N) is 1. The molecule has 0 unspecified atom stereocenters. The van der Waals surface area contributed by atoms with Gasteiger partial charge in [0.25, 0.3) is 0 Å². The molecular formula is C25H24FN3O3. The molecule has 0 spiro atoms. The van der Waals surface area contributed by atoms with Crippen LogP contribution in [0.3, 0.4) is 0 Å². The van der Waals surface area contributed by atoms with Crippen molar-refractivity contribution in [3.63, 3.8) is 0 Å². The Labute approximate surface area is 186 Å². The Morgan fingerprint density at radius 3 is 2.50 bits per heavy atom. The SMILES string of the molecule is COC(=O)c1ccc([C@H](C)Nc2nccc3ccnc(Oc4cc(C)ccc4F)c23)cc1.[HH]. The molecule has 0 bridgehead atoms. The maximum Gasteiger partial charge on any atom is 0.337 e. The molecule has 4 aromatic rings. The largest absolute Gasteiger partial charge is 0.465 e.